The van der Waals surface area contributed by atoms with E-state index < -0.39 is 0 Å². The highest BCUT2D eigenvalue weighted by Gasteiger charge is 2.04. The lowest BCUT2D eigenvalue weighted by molar-refractivity contribution is -0.115. The number of rotatable bonds is 3. The van der Waals surface area contributed by atoms with Crippen molar-refractivity contribution in [1.82, 2.24) is 4.98 Å². The van der Waals surface area contributed by atoms with Crippen LogP contribution in [0.25, 0.3) is 0 Å². The average Bonchev–Trinajstić information content (AvgIpc) is 2.40. The van der Waals surface area contributed by atoms with Crippen LogP contribution in [-0.2, 0) is 11.2 Å². The third-order valence-electron chi connectivity index (χ3n) is 2.40. The number of terminal acetylenes is 1. The van der Waals surface area contributed by atoms with Gasteiger partial charge in [-0.3, -0.25) is 9.78 Å². The maximum Gasteiger partial charge on any atom is 0.228 e. The predicted octanol–water partition coefficient (Wildman–Crippen LogP) is 2.24. The highest BCUT2D eigenvalue weighted by Crippen LogP contribution is 2.10. The van der Waals surface area contributed by atoms with Crippen molar-refractivity contribution >= 4 is 11.6 Å². The number of hydrogen-bond acceptors (Lipinski definition) is 2. The first kappa shape index (κ1) is 11.9. The van der Waals surface area contributed by atoms with Gasteiger partial charge in [0.05, 0.1) is 6.42 Å². The van der Waals surface area contributed by atoms with Crippen LogP contribution in [0.15, 0.2) is 48.8 Å². The standard InChI is InChI=1S/C15H12N2O/c1-2-12-5-3-7-14(9-12)17-15(18)10-13-6-4-8-16-11-13/h1,3-9,11H,10H2,(H,17,18). The predicted molar refractivity (Wildman–Crippen MR) is 70.9 cm³/mol. The molecule has 0 bridgehead atoms. The van der Waals surface area contributed by atoms with Crippen LogP contribution in [-0.4, -0.2) is 10.9 Å². The average molecular weight is 236 g/mol. The number of nitrogens with one attached hydrogen (secondary N) is 1. The number of anilines is 1. The lowest BCUT2D eigenvalue weighted by Crippen LogP contribution is -2.14. The maximum absolute atomic E-state index is 11.8. The number of benzene rings is 1. The van der Waals surface area contributed by atoms with Gasteiger partial charge in [0.2, 0.25) is 5.91 Å². The van der Waals surface area contributed by atoms with Crippen LogP contribution in [0.5, 0.6) is 0 Å². The van der Waals surface area contributed by atoms with Crippen LogP contribution in [0.4, 0.5) is 5.69 Å². The van der Waals surface area contributed by atoms with Crippen LogP contribution in [0, 0.1) is 12.3 Å². The van der Waals surface area contributed by atoms with E-state index in [0.717, 1.165) is 11.1 Å². The van der Waals surface area contributed by atoms with E-state index in [1.165, 1.54) is 0 Å². The fourth-order valence-corrected chi connectivity index (χ4v) is 1.58. The van der Waals surface area contributed by atoms with E-state index in [1.807, 2.05) is 30.3 Å². The normalized spacial score (nSPS) is 9.50. The second-order valence-electron chi connectivity index (χ2n) is 3.81. The van der Waals surface area contributed by atoms with Gasteiger partial charge in [0.25, 0.3) is 0 Å². The Labute approximate surface area is 106 Å². The molecule has 0 aliphatic carbocycles. The van der Waals surface area contributed by atoms with Crippen LogP contribution in [0.2, 0.25) is 0 Å². The summed E-state index contributed by atoms with van der Waals surface area (Å²) in [4.78, 5) is 15.8. The first-order valence-corrected chi connectivity index (χ1v) is 5.53. The Bertz CT molecular complexity index is 585. The number of nitrogens with zero attached hydrogens (tertiary/aromatic N) is 1. The fraction of sp³-hybridized carbons (Fsp3) is 0.0667. The molecule has 3 heteroatoms. The Balaban J connectivity index is 2.01. The molecule has 0 spiro atoms. The lowest BCUT2D eigenvalue weighted by atomic mass is 10.2. The third kappa shape index (κ3) is 3.19. The maximum atomic E-state index is 11.8. The van der Waals surface area contributed by atoms with E-state index in [-0.39, 0.29) is 5.91 Å². The van der Waals surface area contributed by atoms with Gasteiger partial charge in [-0.05, 0) is 29.8 Å². The van der Waals surface area contributed by atoms with E-state index >= 15 is 0 Å². The Kier molecular flexibility index (Phi) is 3.72. The van der Waals surface area contributed by atoms with Gasteiger partial charge >= 0.3 is 0 Å². The Morgan fingerprint density at radius 3 is 2.94 bits per heavy atom. The molecular formula is C15H12N2O. The smallest absolute Gasteiger partial charge is 0.228 e. The van der Waals surface area contributed by atoms with Gasteiger partial charge in [0.15, 0.2) is 0 Å². The highest BCUT2D eigenvalue weighted by atomic mass is 16.1. The van der Waals surface area contributed by atoms with E-state index in [4.69, 9.17) is 6.42 Å². The summed E-state index contributed by atoms with van der Waals surface area (Å²) in [5, 5.41) is 2.80. The van der Waals surface area contributed by atoms with Crippen molar-refractivity contribution < 1.29 is 4.79 Å². The zero-order valence-corrected chi connectivity index (χ0v) is 9.76. The van der Waals surface area contributed by atoms with Crippen LogP contribution < -0.4 is 5.32 Å². The van der Waals surface area contributed by atoms with Crippen molar-refractivity contribution in [2.45, 2.75) is 6.42 Å². The van der Waals surface area contributed by atoms with Crippen molar-refractivity contribution in [1.29, 1.82) is 0 Å². The third-order valence-corrected chi connectivity index (χ3v) is 2.40. The Hall–Kier alpha value is -2.60. The lowest BCUT2D eigenvalue weighted by Gasteiger charge is -2.05. The zero-order valence-electron chi connectivity index (χ0n) is 9.76. The Morgan fingerprint density at radius 2 is 2.22 bits per heavy atom. The summed E-state index contributed by atoms with van der Waals surface area (Å²) in [6.07, 6.45) is 8.96. The van der Waals surface area contributed by atoms with Crippen molar-refractivity contribution in [2.75, 3.05) is 5.32 Å². The number of amides is 1. The molecule has 0 radical (unpaired) electrons. The van der Waals surface area contributed by atoms with E-state index in [1.54, 1.807) is 18.5 Å². The number of carbonyl (C=O) groups excluding carboxylic acids is 1. The molecule has 88 valence electrons. The van der Waals surface area contributed by atoms with Gasteiger partial charge in [0.1, 0.15) is 0 Å². The van der Waals surface area contributed by atoms with Gasteiger partial charge in [-0.2, -0.15) is 0 Å². The molecule has 0 atom stereocenters. The SMILES string of the molecule is C#Cc1cccc(NC(=O)Cc2cccnc2)c1. The molecule has 1 heterocycles. The van der Waals surface area contributed by atoms with Crippen molar-refractivity contribution in [3.05, 3.63) is 59.9 Å². The topological polar surface area (TPSA) is 42.0 Å². The van der Waals surface area contributed by atoms with E-state index in [0.29, 0.717) is 12.1 Å². The highest BCUT2D eigenvalue weighted by molar-refractivity contribution is 5.92. The quantitative estimate of drug-likeness (QED) is 0.830. The second kappa shape index (κ2) is 5.65. The van der Waals surface area contributed by atoms with Gasteiger partial charge in [-0.25, -0.2) is 0 Å². The van der Waals surface area contributed by atoms with Gasteiger partial charge in [-0.15, -0.1) is 6.42 Å². The summed E-state index contributed by atoms with van der Waals surface area (Å²) < 4.78 is 0. The van der Waals surface area contributed by atoms with Crippen molar-refractivity contribution in [3.8, 4) is 12.3 Å². The zero-order chi connectivity index (χ0) is 12.8. The minimum absolute atomic E-state index is 0.0860. The summed E-state index contributed by atoms with van der Waals surface area (Å²) in [5.41, 5.74) is 2.33. The molecule has 1 amide bonds. The second-order valence-corrected chi connectivity index (χ2v) is 3.81. The van der Waals surface area contributed by atoms with Gasteiger partial charge in [0, 0.05) is 23.6 Å². The summed E-state index contributed by atoms with van der Waals surface area (Å²) >= 11 is 0. The van der Waals surface area contributed by atoms with Crippen LogP contribution in [0.3, 0.4) is 0 Å². The summed E-state index contributed by atoms with van der Waals surface area (Å²) in [7, 11) is 0. The van der Waals surface area contributed by atoms with Gasteiger partial charge in [-0.1, -0.05) is 18.1 Å². The summed E-state index contributed by atoms with van der Waals surface area (Å²) in [6, 6.07) is 10.9. The fourth-order valence-electron chi connectivity index (χ4n) is 1.58. The largest absolute Gasteiger partial charge is 0.326 e. The van der Waals surface area contributed by atoms with Crippen LogP contribution >= 0.6 is 0 Å². The molecule has 18 heavy (non-hydrogen) atoms. The minimum Gasteiger partial charge on any atom is -0.326 e. The molecule has 1 aromatic carbocycles. The monoisotopic (exact) mass is 236 g/mol. The molecule has 2 aromatic rings. The number of pyridine rings is 1. The molecule has 0 aliphatic heterocycles. The number of aromatic nitrogens is 1. The molecule has 0 fully saturated rings. The molecule has 1 N–H and O–H groups in total. The molecule has 0 saturated heterocycles. The molecule has 1 aromatic heterocycles. The van der Waals surface area contributed by atoms with E-state index in [2.05, 4.69) is 16.2 Å². The first-order valence-electron chi connectivity index (χ1n) is 5.53. The number of carbonyl (C=O) groups is 1. The van der Waals surface area contributed by atoms with Crippen molar-refractivity contribution in [2.24, 2.45) is 0 Å². The van der Waals surface area contributed by atoms with Crippen LogP contribution in [0.1, 0.15) is 11.1 Å². The summed E-state index contributed by atoms with van der Waals surface area (Å²) in [5.74, 6) is 2.44. The first-order chi connectivity index (χ1) is 8.78. The minimum atomic E-state index is -0.0860. The molecule has 3 nitrogen and oxygen atoms in total. The van der Waals surface area contributed by atoms with Crippen molar-refractivity contribution in [3.63, 3.8) is 0 Å². The molecular weight excluding hydrogens is 224 g/mol. The molecule has 2 rings (SSSR count). The van der Waals surface area contributed by atoms with Gasteiger partial charge < -0.3 is 5.32 Å². The molecule has 0 aliphatic rings. The molecule has 0 unspecified atom stereocenters. The summed E-state index contributed by atoms with van der Waals surface area (Å²) in [6.45, 7) is 0. The number of hydrogen-bond donors (Lipinski definition) is 1. The van der Waals surface area contributed by atoms with E-state index in [9.17, 15) is 4.79 Å². The molecule has 0 saturated carbocycles. The Morgan fingerprint density at radius 1 is 1.33 bits per heavy atom.